The number of hydrogen-bond donors (Lipinski definition) is 1. The molecule has 16 heavy (non-hydrogen) atoms. The van der Waals surface area contributed by atoms with Gasteiger partial charge >= 0.3 is 0 Å². The highest BCUT2D eigenvalue weighted by Crippen LogP contribution is 2.14. The fourth-order valence-corrected chi connectivity index (χ4v) is 2.37. The zero-order valence-corrected chi connectivity index (χ0v) is 11.5. The average molecular weight is 227 g/mol. The van der Waals surface area contributed by atoms with E-state index in [0.29, 0.717) is 6.04 Å². The smallest absolute Gasteiger partial charge is 0.0229 e. The summed E-state index contributed by atoms with van der Waals surface area (Å²) in [6.45, 7) is 6.12. The number of likely N-dealkylation sites (N-methyl/N-ethyl adjacent to an activating group) is 1. The van der Waals surface area contributed by atoms with Crippen LogP contribution >= 0.6 is 0 Å². The largest absolute Gasteiger partial charge is 0.317 e. The molecule has 0 bridgehead atoms. The first kappa shape index (κ1) is 13.9. The zero-order chi connectivity index (χ0) is 12.0. The van der Waals surface area contributed by atoms with Crippen molar-refractivity contribution < 1.29 is 0 Å². The first-order valence-electron chi connectivity index (χ1n) is 6.69. The molecule has 1 aliphatic heterocycles. The van der Waals surface area contributed by atoms with Gasteiger partial charge in [0, 0.05) is 18.6 Å². The van der Waals surface area contributed by atoms with Crippen LogP contribution in [0.1, 0.15) is 32.6 Å². The predicted octanol–water partition coefficient (Wildman–Crippen LogP) is 1.40. The van der Waals surface area contributed by atoms with E-state index in [2.05, 4.69) is 36.1 Å². The molecule has 3 heteroatoms. The Morgan fingerprint density at radius 1 is 1.38 bits per heavy atom. The second kappa shape index (κ2) is 7.25. The number of nitrogens with zero attached hydrogens (tertiary/aromatic N) is 2. The molecular formula is C13H29N3. The van der Waals surface area contributed by atoms with Crippen LogP contribution in [0, 0.1) is 0 Å². The Morgan fingerprint density at radius 3 is 2.69 bits per heavy atom. The van der Waals surface area contributed by atoms with Gasteiger partial charge in [0.15, 0.2) is 0 Å². The first-order chi connectivity index (χ1) is 7.63. The molecule has 3 nitrogen and oxygen atoms in total. The molecule has 0 aromatic carbocycles. The van der Waals surface area contributed by atoms with Crippen LogP contribution in [0.25, 0.3) is 0 Å². The predicted molar refractivity (Wildman–Crippen MR) is 70.9 cm³/mol. The van der Waals surface area contributed by atoms with Gasteiger partial charge in [-0.3, -0.25) is 0 Å². The van der Waals surface area contributed by atoms with E-state index < -0.39 is 0 Å². The molecule has 1 aliphatic rings. The minimum absolute atomic E-state index is 0.674. The zero-order valence-electron chi connectivity index (χ0n) is 11.5. The van der Waals surface area contributed by atoms with E-state index in [1.807, 2.05) is 7.05 Å². The molecule has 2 atom stereocenters. The number of nitrogens with one attached hydrogen (secondary N) is 1. The second-order valence-corrected chi connectivity index (χ2v) is 5.39. The SMILES string of the molecule is CNC(C)CCCCN1CCC(N(C)C)C1. The number of unbranched alkanes of at least 4 members (excludes halogenated alkanes) is 1. The summed E-state index contributed by atoms with van der Waals surface area (Å²) >= 11 is 0. The van der Waals surface area contributed by atoms with Crippen molar-refractivity contribution in [2.75, 3.05) is 40.8 Å². The highest BCUT2D eigenvalue weighted by molar-refractivity contribution is 4.80. The van der Waals surface area contributed by atoms with Crippen molar-refractivity contribution in [1.82, 2.24) is 15.1 Å². The van der Waals surface area contributed by atoms with Crippen molar-refractivity contribution >= 4 is 0 Å². The molecule has 1 rings (SSSR count). The van der Waals surface area contributed by atoms with E-state index in [-0.39, 0.29) is 0 Å². The molecule has 0 saturated carbocycles. The molecule has 96 valence electrons. The molecule has 0 aliphatic carbocycles. The monoisotopic (exact) mass is 227 g/mol. The van der Waals surface area contributed by atoms with Crippen LogP contribution in [0.5, 0.6) is 0 Å². The lowest BCUT2D eigenvalue weighted by Crippen LogP contribution is -2.32. The number of rotatable bonds is 7. The molecule has 0 spiro atoms. The highest BCUT2D eigenvalue weighted by Gasteiger charge is 2.22. The van der Waals surface area contributed by atoms with Crippen molar-refractivity contribution in [2.45, 2.75) is 44.7 Å². The van der Waals surface area contributed by atoms with E-state index in [1.54, 1.807) is 0 Å². The first-order valence-corrected chi connectivity index (χ1v) is 6.69. The van der Waals surface area contributed by atoms with Crippen molar-refractivity contribution in [1.29, 1.82) is 0 Å². The van der Waals surface area contributed by atoms with Gasteiger partial charge in [-0.25, -0.2) is 0 Å². The van der Waals surface area contributed by atoms with Gasteiger partial charge in [0.1, 0.15) is 0 Å². The fraction of sp³-hybridized carbons (Fsp3) is 1.00. The Balaban J connectivity index is 2.02. The Morgan fingerprint density at radius 2 is 2.12 bits per heavy atom. The minimum atomic E-state index is 0.674. The maximum Gasteiger partial charge on any atom is 0.0229 e. The Labute approximate surface area is 101 Å². The molecule has 0 aromatic rings. The molecule has 2 unspecified atom stereocenters. The maximum absolute atomic E-state index is 3.30. The van der Waals surface area contributed by atoms with Crippen LogP contribution in [0.3, 0.4) is 0 Å². The summed E-state index contributed by atoms with van der Waals surface area (Å²) in [5.74, 6) is 0. The van der Waals surface area contributed by atoms with E-state index in [1.165, 1.54) is 45.3 Å². The van der Waals surface area contributed by atoms with Gasteiger partial charge < -0.3 is 15.1 Å². The summed E-state index contributed by atoms with van der Waals surface area (Å²) in [4.78, 5) is 4.98. The Kier molecular flexibility index (Phi) is 6.32. The quantitative estimate of drug-likeness (QED) is 0.663. The van der Waals surface area contributed by atoms with Crippen molar-refractivity contribution in [2.24, 2.45) is 0 Å². The van der Waals surface area contributed by atoms with Crippen LogP contribution in [-0.2, 0) is 0 Å². The molecule has 1 heterocycles. The van der Waals surface area contributed by atoms with Crippen LogP contribution < -0.4 is 5.32 Å². The fourth-order valence-electron chi connectivity index (χ4n) is 2.37. The lowest BCUT2D eigenvalue weighted by atomic mass is 10.1. The number of hydrogen-bond acceptors (Lipinski definition) is 3. The van der Waals surface area contributed by atoms with Crippen LogP contribution in [0.2, 0.25) is 0 Å². The van der Waals surface area contributed by atoms with Crippen LogP contribution in [0.4, 0.5) is 0 Å². The molecule has 0 radical (unpaired) electrons. The van der Waals surface area contributed by atoms with E-state index in [0.717, 1.165) is 6.04 Å². The molecule has 1 fully saturated rings. The summed E-state index contributed by atoms with van der Waals surface area (Å²) in [6.07, 6.45) is 5.36. The van der Waals surface area contributed by atoms with Gasteiger partial charge in [-0.2, -0.15) is 0 Å². The average Bonchev–Trinajstić information content (AvgIpc) is 2.72. The standard InChI is InChI=1S/C13H29N3/c1-12(14-2)7-5-6-9-16-10-8-13(11-16)15(3)4/h12-14H,5-11H2,1-4H3. The van der Waals surface area contributed by atoms with Gasteiger partial charge in [-0.05, 0) is 60.4 Å². The second-order valence-electron chi connectivity index (χ2n) is 5.39. The minimum Gasteiger partial charge on any atom is -0.317 e. The van der Waals surface area contributed by atoms with Crippen LogP contribution in [0.15, 0.2) is 0 Å². The van der Waals surface area contributed by atoms with Crippen LogP contribution in [-0.4, -0.2) is 62.7 Å². The maximum atomic E-state index is 3.30. The molecule has 0 amide bonds. The van der Waals surface area contributed by atoms with Gasteiger partial charge in [0.05, 0.1) is 0 Å². The summed E-state index contributed by atoms with van der Waals surface area (Å²) in [7, 11) is 6.44. The van der Waals surface area contributed by atoms with Gasteiger partial charge in [-0.15, -0.1) is 0 Å². The van der Waals surface area contributed by atoms with Crippen molar-refractivity contribution in [3.05, 3.63) is 0 Å². The summed E-state index contributed by atoms with van der Waals surface area (Å²) < 4.78 is 0. The topological polar surface area (TPSA) is 18.5 Å². The van der Waals surface area contributed by atoms with Crippen molar-refractivity contribution in [3.63, 3.8) is 0 Å². The molecular weight excluding hydrogens is 198 g/mol. The molecule has 1 saturated heterocycles. The lowest BCUT2D eigenvalue weighted by Gasteiger charge is -2.20. The van der Waals surface area contributed by atoms with E-state index >= 15 is 0 Å². The third-order valence-corrected chi connectivity index (χ3v) is 3.83. The summed E-state index contributed by atoms with van der Waals surface area (Å²) in [5.41, 5.74) is 0. The summed E-state index contributed by atoms with van der Waals surface area (Å²) in [5, 5.41) is 3.30. The molecule has 0 aromatic heterocycles. The van der Waals surface area contributed by atoms with E-state index in [9.17, 15) is 0 Å². The van der Waals surface area contributed by atoms with Crippen molar-refractivity contribution in [3.8, 4) is 0 Å². The highest BCUT2D eigenvalue weighted by atomic mass is 15.2. The van der Waals surface area contributed by atoms with Gasteiger partial charge in [-0.1, -0.05) is 6.42 Å². The van der Waals surface area contributed by atoms with E-state index in [4.69, 9.17) is 0 Å². The summed E-state index contributed by atoms with van der Waals surface area (Å²) in [6, 6.07) is 1.46. The van der Waals surface area contributed by atoms with Gasteiger partial charge in [0.25, 0.3) is 0 Å². The third-order valence-electron chi connectivity index (χ3n) is 3.83. The Bertz CT molecular complexity index is 182. The Hall–Kier alpha value is -0.120. The lowest BCUT2D eigenvalue weighted by molar-refractivity contribution is 0.265. The normalized spacial score (nSPS) is 24.2. The third kappa shape index (κ3) is 4.81. The van der Waals surface area contributed by atoms with Gasteiger partial charge in [0.2, 0.25) is 0 Å². The molecule has 1 N–H and O–H groups in total. The number of likely N-dealkylation sites (tertiary alicyclic amines) is 1.